The third-order valence-electron chi connectivity index (χ3n) is 5.12. The first-order valence-corrected chi connectivity index (χ1v) is 7.76. The molecule has 0 saturated heterocycles. The number of hydrogen-bond acceptors (Lipinski definition) is 3. The Hall–Kier alpha value is -2.23. The third-order valence-corrected chi connectivity index (χ3v) is 5.12. The third kappa shape index (κ3) is 2.28. The normalized spacial score (nSPS) is 30.4. The van der Waals surface area contributed by atoms with E-state index in [1.807, 2.05) is 24.3 Å². The first-order valence-electron chi connectivity index (χ1n) is 7.76. The Labute approximate surface area is 128 Å². The van der Waals surface area contributed by atoms with E-state index in [1.54, 1.807) is 6.20 Å². The smallest absolute Gasteiger partial charge is 0.306 e. The van der Waals surface area contributed by atoms with Crippen molar-refractivity contribution in [3.8, 4) is 0 Å². The van der Waals surface area contributed by atoms with Crippen LogP contribution in [0, 0.1) is 17.3 Å². The summed E-state index contributed by atoms with van der Waals surface area (Å²) in [6, 6.07) is 7.98. The molecule has 2 aliphatic rings. The van der Waals surface area contributed by atoms with Crippen molar-refractivity contribution in [2.24, 2.45) is 17.3 Å². The number of carbonyl (C=O) groups is 1. The molecule has 2 fully saturated rings. The number of allylic oxidation sites excluding steroid dienone is 1. The van der Waals surface area contributed by atoms with Gasteiger partial charge in [-0.05, 0) is 67.4 Å². The molecule has 2 saturated carbocycles. The zero-order valence-electron chi connectivity index (χ0n) is 12.3. The second kappa shape index (κ2) is 4.90. The Kier molecular flexibility index (Phi) is 2.99. The van der Waals surface area contributed by atoms with Crippen LogP contribution in [0.2, 0.25) is 0 Å². The fraction of sp³-hybridized carbons (Fsp3) is 0.389. The zero-order valence-corrected chi connectivity index (χ0v) is 12.3. The second-order valence-corrected chi connectivity index (χ2v) is 6.76. The molecule has 4 rings (SSSR count). The van der Waals surface area contributed by atoms with Gasteiger partial charge in [0.15, 0.2) is 5.65 Å². The molecule has 0 aromatic carbocycles. The van der Waals surface area contributed by atoms with Gasteiger partial charge in [-0.25, -0.2) is 9.97 Å². The number of carboxylic acids is 1. The summed E-state index contributed by atoms with van der Waals surface area (Å²) >= 11 is 0. The number of carboxylic acid groups (broad SMARTS) is 1. The molecule has 0 amide bonds. The van der Waals surface area contributed by atoms with Gasteiger partial charge in [0.2, 0.25) is 0 Å². The number of fused-ring (bicyclic) bond motifs is 1. The topological polar surface area (TPSA) is 63.1 Å². The predicted molar refractivity (Wildman–Crippen MR) is 84.1 cm³/mol. The molecule has 2 aromatic rings. The maximum Gasteiger partial charge on any atom is 0.306 e. The summed E-state index contributed by atoms with van der Waals surface area (Å²) in [6.07, 6.45) is 10.0. The van der Waals surface area contributed by atoms with Crippen LogP contribution in [0.25, 0.3) is 17.1 Å². The van der Waals surface area contributed by atoms with E-state index in [4.69, 9.17) is 5.11 Å². The quantitative estimate of drug-likeness (QED) is 0.940. The summed E-state index contributed by atoms with van der Waals surface area (Å²) < 4.78 is 0. The van der Waals surface area contributed by atoms with E-state index in [2.05, 4.69) is 22.1 Å². The average Bonchev–Trinajstić information content (AvgIpc) is 2.43. The highest BCUT2D eigenvalue weighted by molar-refractivity contribution is 5.75. The largest absolute Gasteiger partial charge is 0.481 e. The number of aromatic nitrogens is 2. The van der Waals surface area contributed by atoms with Crippen molar-refractivity contribution in [3.05, 3.63) is 42.2 Å². The molecule has 22 heavy (non-hydrogen) atoms. The molecule has 112 valence electrons. The minimum Gasteiger partial charge on any atom is -0.481 e. The highest BCUT2D eigenvalue weighted by atomic mass is 16.4. The second-order valence-electron chi connectivity index (χ2n) is 6.76. The Bertz CT molecular complexity index is 755. The number of rotatable bonds is 3. The van der Waals surface area contributed by atoms with Crippen LogP contribution in [0.1, 0.15) is 31.4 Å². The lowest BCUT2D eigenvalue weighted by Crippen LogP contribution is -2.49. The van der Waals surface area contributed by atoms with E-state index >= 15 is 0 Å². The Morgan fingerprint density at radius 2 is 2.05 bits per heavy atom. The first kappa shape index (κ1) is 13.4. The minimum atomic E-state index is -0.627. The van der Waals surface area contributed by atoms with Gasteiger partial charge in [-0.3, -0.25) is 4.79 Å². The molecule has 2 aliphatic carbocycles. The van der Waals surface area contributed by atoms with Crippen molar-refractivity contribution in [1.29, 1.82) is 0 Å². The van der Waals surface area contributed by atoms with E-state index in [-0.39, 0.29) is 5.92 Å². The van der Waals surface area contributed by atoms with Crippen molar-refractivity contribution in [2.75, 3.05) is 0 Å². The Morgan fingerprint density at radius 1 is 1.23 bits per heavy atom. The summed E-state index contributed by atoms with van der Waals surface area (Å²) in [5, 5.41) is 10.0. The molecule has 2 heterocycles. The molecule has 4 nitrogen and oxygen atoms in total. The van der Waals surface area contributed by atoms with Gasteiger partial charge in [0.05, 0.1) is 11.6 Å². The standard InChI is InChI=1S/C18H18N2O2/c21-17(22)14-10-18(11-14)8-12(9-18)3-5-15-6-4-13-2-1-7-19-16(13)20-15/h1-7,12,14H,8-11H2,(H,21,22). The number of hydrogen-bond donors (Lipinski definition) is 1. The molecular weight excluding hydrogens is 276 g/mol. The van der Waals surface area contributed by atoms with Crippen LogP contribution in [-0.2, 0) is 4.79 Å². The lowest BCUT2D eigenvalue weighted by molar-refractivity contribution is -0.156. The molecule has 0 atom stereocenters. The van der Waals surface area contributed by atoms with Crippen molar-refractivity contribution in [2.45, 2.75) is 25.7 Å². The minimum absolute atomic E-state index is 0.0989. The molecular formula is C18H18N2O2. The summed E-state index contributed by atoms with van der Waals surface area (Å²) in [6.45, 7) is 0. The van der Waals surface area contributed by atoms with E-state index < -0.39 is 5.97 Å². The van der Waals surface area contributed by atoms with Gasteiger partial charge in [0.25, 0.3) is 0 Å². The molecule has 1 spiro atoms. The van der Waals surface area contributed by atoms with E-state index in [1.165, 1.54) is 0 Å². The van der Waals surface area contributed by atoms with Crippen LogP contribution >= 0.6 is 0 Å². The van der Waals surface area contributed by atoms with E-state index in [9.17, 15) is 4.79 Å². The van der Waals surface area contributed by atoms with Gasteiger partial charge in [0, 0.05) is 11.6 Å². The average molecular weight is 294 g/mol. The van der Waals surface area contributed by atoms with Gasteiger partial charge in [0.1, 0.15) is 0 Å². The molecule has 0 unspecified atom stereocenters. The molecule has 1 N–H and O–H groups in total. The van der Waals surface area contributed by atoms with Gasteiger partial charge >= 0.3 is 5.97 Å². The van der Waals surface area contributed by atoms with Crippen molar-refractivity contribution in [3.63, 3.8) is 0 Å². The Balaban J connectivity index is 1.38. The number of pyridine rings is 2. The maximum absolute atomic E-state index is 10.9. The summed E-state index contributed by atoms with van der Waals surface area (Å²) in [7, 11) is 0. The first-order chi connectivity index (χ1) is 10.6. The summed E-state index contributed by atoms with van der Waals surface area (Å²) in [4.78, 5) is 19.7. The molecule has 2 aromatic heterocycles. The van der Waals surface area contributed by atoms with Crippen LogP contribution in [0.3, 0.4) is 0 Å². The molecule has 0 bridgehead atoms. The molecule has 0 aliphatic heterocycles. The lowest BCUT2D eigenvalue weighted by atomic mass is 9.48. The van der Waals surface area contributed by atoms with Crippen LogP contribution in [0.4, 0.5) is 0 Å². The maximum atomic E-state index is 10.9. The van der Waals surface area contributed by atoms with Crippen LogP contribution in [0.5, 0.6) is 0 Å². The van der Waals surface area contributed by atoms with Crippen molar-refractivity contribution >= 4 is 23.1 Å². The number of aliphatic carboxylic acids is 1. The van der Waals surface area contributed by atoms with Crippen molar-refractivity contribution in [1.82, 2.24) is 9.97 Å². The molecule has 4 heteroatoms. The van der Waals surface area contributed by atoms with E-state index in [0.717, 1.165) is 42.4 Å². The SMILES string of the molecule is O=C(O)C1CC2(CC(C=Cc3ccc4cccnc4n3)C2)C1. The highest BCUT2D eigenvalue weighted by Crippen LogP contribution is 2.61. The monoisotopic (exact) mass is 294 g/mol. The zero-order chi connectivity index (χ0) is 15.2. The van der Waals surface area contributed by atoms with Crippen LogP contribution < -0.4 is 0 Å². The van der Waals surface area contributed by atoms with Crippen LogP contribution in [0.15, 0.2) is 36.5 Å². The van der Waals surface area contributed by atoms with Gasteiger partial charge < -0.3 is 5.11 Å². The van der Waals surface area contributed by atoms with Gasteiger partial charge in [-0.2, -0.15) is 0 Å². The lowest BCUT2D eigenvalue weighted by Gasteiger charge is -2.56. The summed E-state index contributed by atoms with van der Waals surface area (Å²) in [5.74, 6) is -0.161. The van der Waals surface area contributed by atoms with Crippen molar-refractivity contribution < 1.29 is 9.90 Å². The Morgan fingerprint density at radius 3 is 2.82 bits per heavy atom. The summed E-state index contributed by atoms with van der Waals surface area (Å²) in [5.41, 5.74) is 2.04. The number of nitrogens with zero attached hydrogens (tertiary/aromatic N) is 2. The van der Waals surface area contributed by atoms with Gasteiger partial charge in [-0.15, -0.1) is 0 Å². The van der Waals surface area contributed by atoms with Gasteiger partial charge in [-0.1, -0.05) is 6.08 Å². The highest BCUT2D eigenvalue weighted by Gasteiger charge is 2.54. The fourth-order valence-electron chi connectivity index (χ4n) is 3.98. The fourth-order valence-corrected chi connectivity index (χ4v) is 3.98. The van der Waals surface area contributed by atoms with Crippen LogP contribution in [-0.4, -0.2) is 21.0 Å². The predicted octanol–water partition coefficient (Wildman–Crippen LogP) is 3.53. The van der Waals surface area contributed by atoms with E-state index in [0.29, 0.717) is 11.3 Å². The molecule has 0 radical (unpaired) electrons.